The number of benzene rings is 1. The van der Waals surface area contributed by atoms with Gasteiger partial charge in [0.25, 0.3) is 0 Å². The molecular formula is C17H25BrN2O. The molecule has 1 aromatic rings. The normalized spacial score (nSPS) is 25.4. The number of nitrogens with one attached hydrogen (secondary N) is 1. The summed E-state index contributed by atoms with van der Waals surface area (Å²) in [5.74, 6) is 0. The third-order valence-corrected chi connectivity index (χ3v) is 5.12. The van der Waals surface area contributed by atoms with E-state index < -0.39 is 0 Å². The summed E-state index contributed by atoms with van der Waals surface area (Å²) in [6.07, 6.45) is 4.60. The van der Waals surface area contributed by atoms with E-state index in [0.717, 1.165) is 32.7 Å². The maximum absolute atomic E-state index is 5.91. The van der Waals surface area contributed by atoms with Crippen molar-refractivity contribution in [3.63, 3.8) is 0 Å². The molecule has 21 heavy (non-hydrogen) atoms. The maximum atomic E-state index is 5.91. The Kier molecular flexibility index (Phi) is 5.33. The lowest BCUT2D eigenvalue weighted by Crippen LogP contribution is -2.42. The first-order chi connectivity index (χ1) is 10.2. The fourth-order valence-electron chi connectivity index (χ4n) is 3.31. The van der Waals surface area contributed by atoms with Gasteiger partial charge in [-0.3, -0.25) is 4.90 Å². The summed E-state index contributed by atoms with van der Waals surface area (Å²) < 4.78 is 7.14. The van der Waals surface area contributed by atoms with Crippen LogP contribution in [0.3, 0.4) is 0 Å². The van der Waals surface area contributed by atoms with Gasteiger partial charge in [-0.25, -0.2) is 0 Å². The van der Waals surface area contributed by atoms with Crippen LogP contribution in [0.25, 0.3) is 0 Å². The molecule has 2 bridgehead atoms. The lowest BCUT2D eigenvalue weighted by atomic mass is 10.1. The van der Waals surface area contributed by atoms with Gasteiger partial charge in [0.15, 0.2) is 0 Å². The van der Waals surface area contributed by atoms with Crippen LogP contribution in [0, 0.1) is 0 Å². The summed E-state index contributed by atoms with van der Waals surface area (Å²) in [5.41, 5.74) is 2.73. The van der Waals surface area contributed by atoms with E-state index in [1.165, 1.54) is 34.9 Å². The molecule has 0 spiro atoms. The van der Waals surface area contributed by atoms with Gasteiger partial charge in [0.05, 0.1) is 12.2 Å². The second kappa shape index (κ2) is 7.23. The third kappa shape index (κ3) is 4.07. The maximum Gasteiger partial charge on any atom is 0.0707 e. The average molecular weight is 353 g/mol. The SMILES string of the molecule is CCCNCc1ccc(CN2CC3CCC(C2)O3)c(Br)c1. The zero-order chi connectivity index (χ0) is 14.7. The first kappa shape index (κ1) is 15.5. The lowest BCUT2D eigenvalue weighted by Gasteiger charge is -2.32. The zero-order valence-electron chi connectivity index (χ0n) is 12.8. The molecule has 116 valence electrons. The Morgan fingerprint density at radius 3 is 2.71 bits per heavy atom. The number of hydrogen-bond acceptors (Lipinski definition) is 3. The monoisotopic (exact) mass is 352 g/mol. The first-order valence-corrected chi connectivity index (χ1v) is 8.89. The van der Waals surface area contributed by atoms with Gasteiger partial charge < -0.3 is 10.1 Å². The summed E-state index contributed by atoms with van der Waals surface area (Å²) in [4.78, 5) is 2.54. The smallest absolute Gasteiger partial charge is 0.0707 e. The highest BCUT2D eigenvalue weighted by atomic mass is 79.9. The van der Waals surface area contributed by atoms with Crippen LogP contribution in [-0.4, -0.2) is 36.7 Å². The van der Waals surface area contributed by atoms with Gasteiger partial charge in [-0.15, -0.1) is 0 Å². The molecule has 2 atom stereocenters. The Balaban J connectivity index is 1.58. The van der Waals surface area contributed by atoms with Gasteiger partial charge >= 0.3 is 0 Å². The van der Waals surface area contributed by atoms with Crippen molar-refractivity contribution >= 4 is 15.9 Å². The largest absolute Gasteiger partial charge is 0.372 e. The molecule has 4 heteroatoms. The van der Waals surface area contributed by atoms with E-state index in [4.69, 9.17) is 4.74 Å². The molecule has 0 aromatic heterocycles. The van der Waals surface area contributed by atoms with E-state index >= 15 is 0 Å². The number of hydrogen-bond donors (Lipinski definition) is 1. The van der Waals surface area contributed by atoms with E-state index in [-0.39, 0.29) is 0 Å². The van der Waals surface area contributed by atoms with Crippen LogP contribution in [-0.2, 0) is 17.8 Å². The Hall–Kier alpha value is -0.420. The van der Waals surface area contributed by atoms with Gasteiger partial charge in [-0.05, 0) is 43.0 Å². The Morgan fingerprint density at radius 2 is 2.05 bits per heavy atom. The molecule has 2 unspecified atom stereocenters. The highest BCUT2D eigenvalue weighted by molar-refractivity contribution is 9.10. The quantitative estimate of drug-likeness (QED) is 0.794. The van der Waals surface area contributed by atoms with Crippen LogP contribution in [0.5, 0.6) is 0 Å². The molecule has 0 aliphatic carbocycles. The van der Waals surface area contributed by atoms with Crippen LogP contribution in [0.1, 0.15) is 37.3 Å². The fourth-order valence-corrected chi connectivity index (χ4v) is 3.86. The van der Waals surface area contributed by atoms with Crippen LogP contribution in [0.15, 0.2) is 22.7 Å². The molecule has 3 nitrogen and oxygen atoms in total. The van der Waals surface area contributed by atoms with Crippen LogP contribution < -0.4 is 5.32 Å². The van der Waals surface area contributed by atoms with Crippen LogP contribution >= 0.6 is 15.9 Å². The van der Waals surface area contributed by atoms with Crippen molar-refractivity contribution in [2.45, 2.75) is 51.5 Å². The second-order valence-corrected chi connectivity index (χ2v) is 7.11. The number of ether oxygens (including phenoxy) is 1. The molecule has 1 aromatic carbocycles. The molecule has 2 saturated heterocycles. The minimum atomic E-state index is 0.472. The molecule has 0 amide bonds. The third-order valence-electron chi connectivity index (χ3n) is 4.39. The van der Waals surface area contributed by atoms with E-state index in [1.807, 2.05) is 0 Å². The minimum absolute atomic E-state index is 0.472. The van der Waals surface area contributed by atoms with E-state index in [1.54, 1.807) is 0 Å². The highest BCUT2D eigenvalue weighted by Gasteiger charge is 2.33. The second-order valence-electron chi connectivity index (χ2n) is 6.25. The number of halogens is 1. The van der Waals surface area contributed by atoms with Crippen molar-refractivity contribution < 1.29 is 4.74 Å². The van der Waals surface area contributed by atoms with Gasteiger partial charge in [0.1, 0.15) is 0 Å². The van der Waals surface area contributed by atoms with Crippen LogP contribution in [0.2, 0.25) is 0 Å². The molecule has 0 saturated carbocycles. The number of fused-ring (bicyclic) bond motifs is 2. The molecule has 1 N–H and O–H groups in total. The van der Waals surface area contributed by atoms with E-state index in [2.05, 4.69) is 51.3 Å². The average Bonchev–Trinajstić information content (AvgIpc) is 2.81. The number of likely N-dealkylation sites (tertiary alicyclic amines) is 1. The summed E-state index contributed by atoms with van der Waals surface area (Å²) in [7, 11) is 0. The Morgan fingerprint density at radius 1 is 1.29 bits per heavy atom. The standard InChI is InChI=1S/C17H25BrN2O/c1-2-7-19-9-13-3-4-14(17(18)8-13)10-20-11-15-5-6-16(12-20)21-15/h3-4,8,15-16,19H,2,5-7,9-12H2,1H3. The van der Waals surface area contributed by atoms with Gasteiger partial charge in [-0.1, -0.05) is 35.0 Å². The summed E-state index contributed by atoms with van der Waals surface area (Å²) in [6.45, 7) is 7.43. The van der Waals surface area contributed by atoms with Crippen molar-refractivity contribution in [3.05, 3.63) is 33.8 Å². The fraction of sp³-hybridized carbons (Fsp3) is 0.647. The molecule has 2 aliphatic heterocycles. The Bertz CT molecular complexity index is 468. The van der Waals surface area contributed by atoms with Crippen molar-refractivity contribution in [1.29, 1.82) is 0 Å². The number of rotatable bonds is 6. The molecule has 3 rings (SSSR count). The zero-order valence-corrected chi connectivity index (χ0v) is 14.4. The molecule has 2 aliphatic rings. The predicted octanol–water partition coefficient (Wildman–Crippen LogP) is 3.31. The lowest BCUT2D eigenvalue weighted by molar-refractivity contribution is -0.0411. The summed E-state index contributed by atoms with van der Waals surface area (Å²) >= 11 is 3.74. The van der Waals surface area contributed by atoms with E-state index in [0.29, 0.717) is 12.2 Å². The predicted molar refractivity (Wildman–Crippen MR) is 89.3 cm³/mol. The van der Waals surface area contributed by atoms with Crippen LogP contribution in [0.4, 0.5) is 0 Å². The highest BCUT2D eigenvalue weighted by Crippen LogP contribution is 2.28. The number of morpholine rings is 1. The van der Waals surface area contributed by atoms with Crippen molar-refractivity contribution in [1.82, 2.24) is 10.2 Å². The summed E-state index contributed by atoms with van der Waals surface area (Å²) in [5, 5.41) is 3.45. The van der Waals surface area contributed by atoms with Crippen molar-refractivity contribution in [2.75, 3.05) is 19.6 Å². The van der Waals surface area contributed by atoms with Gasteiger partial charge in [-0.2, -0.15) is 0 Å². The molecular weight excluding hydrogens is 328 g/mol. The van der Waals surface area contributed by atoms with Gasteiger partial charge in [0, 0.05) is 30.7 Å². The topological polar surface area (TPSA) is 24.5 Å². The number of nitrogens with zero attached hydrogens (tertiary/aromatic N) is 1. The van der Waals surface area contributed by atoms with Crippen molar-refractivity contribution in [2.24, 2.45) is 0 Å². The summed E-state index contributed by atoms with van der Waals surface area (Å²) in [6, 6.07) is 6.77. The first-order valence-electron chi connectivity index (χ1n) is 8.10. The minimum Gasteiger partial charge on any atom is -0.372 e. The Labute approximate surface area is 136 Å². The molecule has 2 fully saturated rings. The molecule has 0 radical (unpaired) electrons. The molecule has 2 heterocycles. The van der Waals surface area contributed by atoms with E-state index in [9.17, 15) is 0 Å². The van der Waals surface area contributed by atoms with Crippen molar-refractivity contribution in [3.8, 4) is 0 Å². The van der Waals surface area contributed by atoms with Gasteiger partial charge in [0.2, 0.25) is 0 Å².